The van der Waals surface area contributed by atoms with Crippen LogP contribution >= 0.6 is 0 Å². The van der Waals surface area contributed by atoms with E-state index < -0.39 is 6.03 Å². The standard InChI is InChI=1S/C21H21FN4O/c1-14-16(3-2-9-25-21(23)27)11-17(12-26-14)20-13-24-10-8-19(20)15-4-6-18(22)7-5-15/h4-8,10-13H,2-3,9H2,1H3,(H3,23,25,27). The van der Waals surface area contributed by atoms with Crippen LogP contribution in [0.2, 0.25) is 0 Å². The van der Waals surface area contributed by atoms with E-state index in [0.717, 1.165) is 46.4 Å². The van der Waals surface area contributed by atoms with Crippen molar-refractivity contribution in [1.82, 2.24) is 15.3 Å². The Morgan fingerprint density at radius 2 is 1.89 bits per heavy atom. The first-order valence-corrected chi connectivity index (χ1v) is 8.74. The van der Waals surface area contributed by atoms with Crippen LogP contribution in [0.5, 0.6) is 0 Å². The number of hydrogen-bond donors (Lipinski definition) is 2. The fraction of sp³-hybridized carbons (Fsp3) is 0.190. The van der Waals surface area contributed by atoms with E-state index in [1.165, 1.54) is 12.1 Å². The molecule has 5 nitrogen and oxygen atoms in total. The number of carbonyl (C=O) groups is 1. The zero-order chi connectivity index (χ0) is 19.2. The molecule has 0 fully saturated rings. The average Bonchev–Trinajstić information content (AvgIpc) is 2.67. The van der Waals surface area contributed by atoms with Gasteiger partial charge in [0.15, 0.2) is 0 Å². The molecule has 0 aliphatic heterocycles. The summed E-state index contributed by atoms with van der Waals surface area (Å²) in [7, 11) is 0. The summed E-state index contributed by atoms with van der Waals surface area (Å²) in [5.41, 5.74) is 10.9. The SMILES string of the molecule is Cc1ncc(-c2cnccc2-c2ccc(F)cc2)cc1CCCNC(N)=O. The topological polar surface area (TPSA) is 80.9 Å². The van der Waals surface area contributed by atoms with Crippen LogP contribution in [0.25, 0.3) is 22.3 Å². The molecule has 0 saturated carbocycles. The first kappa shape index (κ1) is 18.5. The van der Waals surface area contributed by atoms with Crippen molar-refractivity contribution in [2.24, 2.45) is 5.73 Å². The van der Waals surface area contributed by atoms with Crippen molar-refractivity contribution in [3.05, 3.63) is 72.1 Å². The molecule has 3 aromatic rings. The number of pyridine rings is 2. The Kier molecular flexibility index (Phi) is 5.76. The summed E-state index contributed by atoms with van der Waals surface area (Å²) in [6.45, 7) is 2.48. The normalized spacial score (nSPS) is 10.6. The third-order valence-electron chi connectivity index (χ3n) is 4.40. The van der Waals surface area contributed by atoms with Gasteiger partial charge in [0.2, 0.25) is 0 Å². The number of rotatable bonds is 6. The number of nitrogens with two attached hydrogens (primary N) is 1. The number of hydrogen-bond acceptors (Lipinski definition) is 3. The molecule has 138 valence electrons. The van der Waals surface area contributed by atoms with Gasteiger partial charge in [-0.25, -0.2) is 9.18 Å². The lowest BCUT2D eigenvalue weighted by Crippen LogP contribution is -2.30. The Balaban J connectivity index is 1.89. The van der Waals surface area contributed by atoms with Crippen molar-refractivity contribution >= 4 is 6.03 Å². The number of carbonyl (C=O) groups excluding carboxylic acids is 1. The van der Waals surface area contributed by atoms with Gasteiger partial charge in [-0.15, -0.1) is 0 Å². The zero-order valence-corrected chi connectivity index (χ0v) is 15.1. The molecule has 2 heterocycles. The molecule has 27 heavy (non-hydrogen) atoms. The van der Waals surface area contributed by atoms with Crippen molar-refractivity contribution in [2.45, 2.75) is 19.8 Å². The lowest BCUT2D eigenvalue weighted by Gasteiger charge is -2.12. The first-order valence-electron chi connectivity index (χ1n) is 8.74. The van der Waals surface area contributed by atoms with Gasteiger partial charge in [-0.2, -0.15) is 0 Å². The van der Waals surface area contributed by atoms with Crippen LogP contribution in [0.4, 0.5) is 9.18 Å². The molecule has 2 aromatic heterocycles. The number of primary amides is 1. The molecule has 0 bridgehead atoms. The monoisotopic (exact) mass is 364 g/mol. The maximum Gasteiger partial charge on any atom is 0.312 e. The number of amides is 2. The highest BCUT2D eigenvalue weighted by Gasteiger charge is 2.10. The second-order valence-electron chi connectivity index (χ2n) is 6.29. The quantitative estimate of drug-likeness (QED) is 0.652. The Morgan fingerprint density at radius 1 is 1.11 bits per heavy atom. The zero-order valence-electron chi connectivity index (χ0n) is 15.1. The Bertz CT molecular complexity index is 941. The number of aromatic nitrogens is 2. The van der Waals surface area contributed by atoms with Crippen LogP contribution in [-0.4, -0.2) is 22.5 Å². The highest BCUT2D eigenvalue weighted by molar-refractivity contribution is 5.82. The van der Waals surface area contributed by atoms with Gasteiger partial charge in [0.1, 0.15) is 5.82 Å². The van der Waals surface area contributed by atoms with E-state index in [0.29, 0.717) is 6.54 Å². The Labute approximate surface area is 157 Å². The van der Waals surface area contributed by atoms with Gasteiger partial charge in [-0.1, -0.05) is 12.1 Å². The van der Waals surface area contributed by atoms with Crippen molar-refractivity contribution in [2.75, 3.05) is 6.54 Å². The summed E-state index contributed by atoms with van der Waals surface area (Å²) in [5, 5.41) is 2.59. The van der Waals surface area contributed by atoms with Crippen molar-refractivity contribution in [3.63, 3.8) is 0 Å². The van der Waals surface area contributed by atoms with Gasteiger partial charge in [0.25, 0.3) is 0 Å². The summed E-state index contributed by atoms with van der Waals surface area (Å²) in [6.07, 6.45) is 6.89. The molecule has 2 amide bonds. The molecule has 0 unspecified atom stereocenters. The lowest BCUT2D eigenvalue weighted by molar-refractivity contribution is 0.249. The fourth-order valence-electron chi connectivity index (χ4n) is 2.98. The largest absolute Gasteiger partial charge is 0.352 e. The summed E-state index contributed by atoms with van der Waals surface area (Å²) < 4.78 is 13.3. The van der Waals surface area contributed by atoms with Gasteiger partial charge < -0.3 is 11.1 Å². The molecule has 0 spiro atoms. The third-order valence-corrected chi connectivity index (χ3v) is 4.40. The summed E-state index contributed by atoms with van der Waals surface area (Å²) in [4.78, 5) is 19.5. The molecule has 1 aromatic carbocycles. The van der Waals surface area contributed by atoms with Crippen molar-refractivity contribution in [1.29, 1.82) is 0 Å². The van der Waals surface area contributed by atoms with E-state index in [-0.39, 0.29) is 5.82 Å². The summed E-state index contributed by atoms with van der Waals surface area (Å²) in [6, 6.07) is 9.90. The molecule has 0 aliphatic rings. The maximum absolute atomic E-state index is 13.3. The minimum atomic E-state index is -0.516. The van der Waals surface area contributed by atoms with E-state index in [1.807, 2.05) is 19.2 Å². The molecule has 6 heteroatoms. The van der Waals surface area contributed by atoms with E-state index in [1.54, 1.807) is 24.5 Å². The van der Waals surface area contributed by atoms with E-state index >= 15 is 0 Å². The van der Waals surface area contributed by atoms with Gasteiger partial charge in [-0.05, 0) is 60.7 Å². The second kappa shape index (κ2) is 8.40. The summed E-state index contributed by atoms with van der Waals surface area (Å²) in [5.74, 6) is -0.266. The lowest BCUT2D eigenvalue weighted by atomic mass is 9.95. The molecular formula is C21H21FN4O. The minimum absolute atomic E-state index is 0.266. The summed E-state index contributed by atoms with van der Waals surface area (Å²) >= 11 is 0. The van der Waals surface area contributed by atoms with Crippen LogP contribution in [0.3, 0.4) is 0 Å². The van der Waals surface area contributed by atoms with Gasteiger partial charge >= 0.3 is 6.03 Å². The molecule has 0 aliphatic carbocycles. The number of nitrogens with one attached hydrogen (secondary N) is 1. The van der Waals surface area contributed by atoms with Crippen LogP contribution in [-0.2, 0) is 6.42 Å². The third kappa shape index (κ3) is 4.67. The molecular weight excluding hydrogens is 343 g/mol. The number of halogens is 1. The van der Waals surface area contributed by atoms with Gasteiger partial charge in [0, 0.05) is 42.0 Å². The predicted molar refractivity (Wildman–Crippen MR) is 104 cm³/mol. The predicted octanol–water partition coefficient (Wildman–Crippen LogP) is 3.86. The second-order valence-corrected chi connectivity index (χ2v) is 6.29. The Morgan fingerprint density at radius 3 is 2.63 bits per heavy atom. The van der Waals surface area contributed by atoms with Crippen molar-refractivity contribution < 1.29 is 9.18 Å². The highest BCUT2D eigenvalue weighted by Crippen LogP contribution is 2.32. The molecule has 3 N–H and O–H groups in total. The minimum Gasteiger partial charge on any atom is -0.352 e. The molecule has 0 saturated heterocycles. The van der Waals surface area contributed by atoms with Gasteiger partial charge in [0.05, 0.1) is 0 Å². The first-order chi connectivity index (χ1) is 13.0. The van der Waals surface area contributed by atoms with E-state index in [9.17, 15) is 9.18 Å². The number of urea groups is 1. The maximum atomic E-state index is 13.3. The van der Waals surface area contributed by atoms with E-state index in [4.69, 9.17) is 5.73 Å². The van der Waals surface area contributed by atoms with Gasteiger partial charge in [-0.3, -0.25) is 9.97 Å². The fourth-order valence-corrected chi connectivity index (χ4v) is 2.98. The average molecular weight is 364 g/mol. The van der Waals surface area contributed by atoms with Crippen molar-refractivity contribution in [3.8, 4) is 22.3 Å². The molecule has 0 radical (unpaired) electrons. The number of aryl methyl sites for hydroxylation is 2. The highest BCUT2D eigenvalue weighted by atomic mass is 19.1. The molecule has 0 atom stereocenters. The van der Waals surface area contributed by atoms with Crippen LogP contribution < -0.4 is 11.1 Å². The Hall–Kier alpha value is -3.28. The van der Waals surface area contributed by atoms with E-state index in [2.05, 4.69) is 21.4 Å². The number of benzene rings is 1. The van der Waals surface area contributed by atoms with Crippen LogP contribution in [0.1, 0.15) is 17.7 Å². The van der Waals surface area contributed by atoms with Crippen LogP contribution in [0, 0.1) is 12.7 Å². The molecule has 3 rings (SSSR count). The van der Waals surface area contributed by atoms with Crippen LogP contribution in [0.15, 0.2) is 55.0 Å². The smallest absolute Gasteiger partial charge is 0.312 e. The number of nitrogens with zero attached hydrogens (tertiary/aromatic N) is 2.